The SMILES string of the molecule is Cn1nc(C2CC2)cc1CS(=O)(=O)CC(=O)O. The van der Waals surface area contributed by atoms with E-state index >= 15 is 0 Å². The summed E-state index contributed by atoms with van der Waals surface area (Å²) < 4.78 is 24.6. The number of rotatable bonds is 5. The van der Waals surface area contributed by atoms with Crippen molar-refractivity contribution >= 4 is 15.8 Å². The van der Waals surface area contributed by atoms with Crippen LogP contribution in [0.4, 0.5) is 0 Å². The second kappa shape index (κ2) is 4.14. The number of hydrogen-bond acceptors (Lipinski definition) is 4. The van der Waals surface area contributed by atoms with E-state index in [0.29, 0.717) is 11.6 Å². The summed E-state index contributed by atoms with van der Waals surface area (Å²) in [5, 5.41) is 12.7. The van der Waals surface area contributed by atoms with Gasteiger partial charge >= 0.3 is 5.97 Å². The van der Waals surface area contributed by atoms with E-state index < -0.39 is 21.6 Å². The first-order chi connectivity index (χ1) is 7.87. The molecular formula is C10H14N2O4S. The maximum atomic E-state index is 11.5. The first-order valence-electron chi connectivity index (χ1n) is 5.32. The molecule has 0 aliphatic heterocycles. The van der Waals surface area contributed by atoms with Gasteiger partial charge in [-0.2, -0.15) is 5.10 Å². The number of aliphatic carboxylic acids is 1. The molecule has 1 aliphatic carbocycles. The zero-order valence-electron chi connectivity index (χ0n) is 9.46. The molecule has 17 heavy (non-hydrogen) atoms. The van der Waals surface area contributed by atoms with E-state index in [9.17, 15) is 13.2 Å². The maximum absolute atomic E-state index is 11.5. The standard InChI is InChI=1S/C10H14N2O4S/c1-12-8(4-9(11-12)7-2-3-7)5-17(15,16)6-10(13)14/h4,7H,2-3,5-6H2,1H3,(H,13,14). The number of aryl methyl sites for hydroxylation is 1. The van der Waals surface area contributed by atoms with E-state index in [4.69, 9.17) is 5.11 Å². The Balaban J connectivity index is 2.15. The summed E-state index contributed by atoms with van der Waals surface area (Å²) in [6.07, 6.45) is 2.19. The van der Waals surface area contributed by atoms with Crippen molar-refractivity contribution < 1.29 is 18.3 Å². The summed E-state index contributed by atoms with van der Waals surface area (Å²) in [7, 11) is -1.93. The number of aromatic nitrogens is 2. The van der Waals surface area contributed by atoms with Gasteiger partial charge < -0.3 is 5.11 Å². The fourth-order valence-electron chi connectivity index (χ4n) is 1.71. The lowest BCUT2D eigenvalue weighted by molar-refractivity contribution is -0.134. The van der Waals surface area contributed by atoms with Crippen molar-refractivity contribution in [2.75, 3.05) is 5.75 Å². The minimum Gasteiger partial charge on any atom is -0.480 e. The Bertz CT molecular complexity index is 543. The first-order valence-corrected chi connectivity index (χ1v) is 7.14. The molecule has 6 nitrogen and oxygen atoms in total. The highest BCUT2D eigenvalue weighted by Gasteiger charge is 2.28. The van der Waals surface area contributed by atoms with Crippen molar-refractivity contribution in [3.8, 4) is 0 Å². The van der Waals surface area contributed by atoms with Crippen LogP contribution in [0.2, 0.25) is 0 Å². The van der Waals surface area contributed by atoms with Crippen LogP contribution in [0.5, 0.6) is 0 Å². The molecule has 0 saturated heterocycles. The second-order valence-corrected chi connectivity index (χ2v) is 6.45. The highest BCUT2D eigenvalue weighted by molar-refractivity contribution is 7.91. The summed E-state index contributed by atoms with van der Waals surface area (Å²) in [6.45, 7) is 0. The molecule has 1 aromatic heterocycles. The van der Waals surface area contributed by atoms with Crippen LogP contribution >= 0.6 is 0 Å². The van der Waals surface area contributed by atoms with Crippen LogP contribution in [-0.4, -0.2) is 35.0 Å². The Morgan fingerprint density at radius 3 is 2.76 bits per heavy atom. The zero-order valence-corrected chi connectivity index (χ0v) is 10.3. The van der Waals surface area contributed by atoms with Gasteiger partial charge in [-0.15, -0.1) is 0 Å². The van der Waals surface area contributed by atoms with Gasteiger partial charge in [0.05, 0.1) is 17.1 Å². The summed E-state index contributed by atoms with van der Waals surface area (Å²) in [5.74, 6) is -1.97. The number of carbonyl (C=O) groups is 1. The van der Waals surface area contributed by atoms with E-state index in [0.717, 1.165) is 18.5 Å². The van der Waals surface area contributed by atoms with Gasteiger partial charge in [0, 0.05) is 13.0 Å². The monoisotopic (exact) mass is 258 g/mol. The molecule has 7 heteroatoms. The Morgan fingerprint density at radius 1 is 1.59 bits per heavy atom. The van der Waals surface area contributed by atoms with E-state index in [-0.39, 0.29) is 5.75 Å². The fourth-order valence-corrected chi connectivity index (χ4v) is 2.91. The van der Waals surface area contributed by atoms with E-state index in [1.54, 1.807) is 13.1 Å². The minimum atomic E-state index is -3.61. The van der Waals surface area contributed by atoms with Crippen molar-refractivity contribution in [1.82, 2.24) is 9.78 Å². The lowest BCUT2D eigenvalue weighted by Gasteiger charge is -2.01. The maximum Gasteiger partial charge on any atom is 0.318 e. The molecule has 2 rings (SSSR count). The van der Waals surface area contributed by atoms with Gasteiger partial charge in [-0.05, 0) is 18.9 Å². The number of carboxylic acids is 1. The molecule has 1 aromatic rings. The molecule has 0 bridgehead atoms. The van der Waals surface area contributed by atoms with Crippen molar-refractivity contribution in [3.05, 3.63) is 17.5 Å². The molecule has 0 aromatic carbocycles. The van der Waals surface area contributed by atoms with Gasteiger partial charge in [-0.1, -0.05) is 0 Å². The molecule has 1 heterocycles. The predicted octanol–water partition coefficient (Wildman–Crippen LogP) is 0.297. The second-order valence-electron chi connectivity index (χ2n) is 4.38. The smallest absolute Gasteiger partial charge is 0.318 e. The number of hydrogen-bond donors (Lipinski definition) is 1. The number of nitrogens with zero attached hydrogens (tertiary/aromatic N) is 2. The molecule has 0 radical (unpaired) electrons. The van der Waals surface area contributed by atoms with Gasteiger partial charge in [-0.3, -0.25) is 9.48 Å². The molecule has 1 N–H and O–H groups in total. The summed E-state index contributed by atoms with van der Waals surface area (Å²) >= 11 is 0. The fraction of sp³-hybridized carbons (Fsp3) is 0.600. The largest absolute Gasteiger partial charge is 0.480 e. The normalized spacial score (nSPS) is 16.1. The lowest BCUT2D eigenvalue weighted by Crippen LogP contribution is -2.18. The summed E-state index contributed by atoms with van der Waals surface area (Å²) in [5.41, 5.74) is 1.46. The number of sulfone groups is 1. The zero-order chi connectivity index (χ0) is 12.6. The molecular weight excluding hydrogens is 244 g/mol. The lowest BCUT2D eigenvalue weighted by atomic mass is 10.3. The Hall–Kier alpha value is -1.37. The highest BCUT2D eigenvalue weighted by atomic mass is 32.2. The van der Waals surface area contributed by atoms with E-state index in [1.807, 2.05) is 0 Å². The third kappa shape index (κ3) is 3.06. The number of carboxylic acid groups (broad SMARTS) is 1. The van der Waals surface area contributed by atoms with Crippen molar-refractivity contribution in [3.63, 3.8) is 0 Å². The van der Waals surface area contributed by atoms with Crippen LogP contribution in [0.25, 0.3) is 0 Å². The van der Waals surface area contributed by atoms with E-state index in [1.165, 1.54) is 4.68 Å². The van der Waals surface area contributed by atoms with Gasteiger partial charge in [0.15, 0.2) is 9.84 Å². The van der Waals surface area contributed by atoms with Crippen LogP contribution in [-0.2, 0) is 27.4 Å². The topological polar surface area (TPSA) is 89.3 Å². The Kier molecular flexibility index (Phi) is 2.94. The molecule has 1 fully saturated rings. The highest BCUT2D eigenvalue weighted by Crippen LogP contribution is 2.39. The van der Waals surface area contributed by atoms with Crippen LogP contribution in [0.1, 0.15) is 30.1 Å². The molecule has 1 saturated carbocycles. The van der Waals surface area contributed by atoms with Crippen molar-refractivity contribution in [1.29, 1.82) is 0 Å². The van der Waals surface area contributed by atoms with Gasteiger partial charge in [0.1, 0.15) is 5.75 Å². The molecule has 0 unspecified atom stereocenters. The van der Waals surface area contributed by atoms with Crippen LogP contribution in [0.15, 0.2) is 6.07 Å². The van der Waals surface area contributed by atoms with Crippen molar-refractivity contribution in [2.45, 2.75) is 24.5 Å². The molecule has 0 atom stereocenters. The predicted molar refractivity (Wildman–Crippen MR) is 60.3 cm³/mol. The Morgan fingerprint density at radius 2 is 2.24 bits per heavy atom. The van der Waals surface area contributed by atoms with Gasteiger partial charge in [-0.25, -0.2) is 8.42 Å². The summed E-state index contributed by atoms with van der Waals surface area (Å²) in [4.78, 5) is 10.4. The first kappa shape index (κ1) is 12.1. The van der Waals surface area contributed by atoms with Crippen LogP contribution < -0.4 is 0 Å². The van der Waals surface area contributed by atoms with Crippen LogP contribution in [0.3, 0.4) is 0 Å². The van der Waals surface area contributed by atoms with E-state index in [2.05, 4.69) is 5.10 Å². The quantitative estimate of drug-likeness (QED) is 0.820. The average Bonchev–Trinajstić information content (AvgIpc) is 2.91. The molecule has 94 valence electrons. The third-order valence-corrected chi connectivity index (χ3v) is 4.12. The molecule has 0 amide bonds. The van der Waals surface area contributed by atoms with Crippen molar-refractivity contribution in [2.24, 2.45) is 7.05 Å². The van der Waals surface area contributed by atoms with Crippen LogP contribution in [0, 0.1) is 0 Å². The van der Waals surface area contributed by atoms with Gasteiger partial charge in [0.25, 0.3) is 0 Å². The average molecular weight is 258 g/mol. The summed E-state index contributed by atoms with van der Waals surface area (Å²) in [6, 6.07) is 1.76. The molecule has 1 aliphatic rings. The Labute approximate surface area is 99.2 Å². The van der Waals surface area contributed by atoms with Gasteiger partial charge in [0.2, 0.25) is 0 Å². The third-order valence-electron chi connectivity index (χ3n) is 2.70. The minimum absolute atomic E-state index is 0.268. The molecule has 0 spiro atoms.